The highest BCUT2D eigenvalue weighted by Crippen LogP contribution is 2.24. The molecule has 4 rings (SSSR count). The lowest BCUT2D eigenvalue weighted by Gasteiger charge is -2.12. The highest BCUT2D eigenvalue weighted by Gasteiger charge is 2.22. The normalized spacial score (nSPS) is 13.8. The van der Waals surface area contributed by atoms with Crippen LogP contribution in [0.5, 0.6) is 0 Å². The van der Waals surface area contributed by atoms with Crippen LogP contribution in [-0.2, 0) is 17.8 Å². The second-order valence-electron chi connectivity index (χ2n) is 5.31. The quantitative estimate of drug-likeness (QED) is 0.763. The third kappa shape index (κ3) is 2.16. The average molecular weight is 293 g/mol. The van der Waals surface area contributed by atoms with Crippen LogP contribution in [0.25, 0.3) is 10.8 Å². The van der Waals surface area contributed by atoms with Crippen LogP contribution in [0.3, 0.4) is 0 Å². The summed E-state index contributed by atoms with van der Waals surface area (Å²) in [5, 5.41) is 12.2. The number of carbonyl (C=O) groups is 1. The van der Waals surface area contributed by atoms with Gasteiger partial charge in [-0.15, -0.1) is 0 Å². The summed E-state index contributed by atoms with van der Waals surface area (Å²) in [5.41, 5.74) is 3.07. The fourth-order valence-corrected chi connectivity index (χ4v) is 2.82. The van der Waals surface area contributed by atoms with Crippen molar-refractivity contribution in [2.75, 3.05) is 11.9 Å². The molecule has 1 aliphatic heterocycles. The first-order chi connectivity index (χ1) is 10.8. The minimum atomic E-state index is -0.209. The van der Waals surface area contributed by atoms with E-state index < -0.39 is 0 Å². The molecule has 0 aliphatic carbocycles. The van der Waals surface area contributed by atoms with Crippen molar-refractivity contribution in [1.82, 2.24) is 10.2 Å². The lowest BCUT2D eigenvalue weighted by molar-refractivity contribution is 0.0985. The smallest absolute Gasteiger partial charge is 0.276 e. The summed E-state index contributed by atoms with van der Waals surface area (Å²) in [6.07, 6.45) is 0.768. The van der Waals surface area contributed by atoms with Crippen LogP contribution in [0, 0.1) is 0 Å². The minimum Gasteiger partial charge on any atom is -0.376 e. The van der Waals surface area contributed by atoms with Gasteiger partial charge in [0.1, 0.15) is 0 Å². The fourth-order valence-electron chi connectivity index (χ4n) is 2.82. The summed E-state index contributed by atoms with van der Waals surface area (Å²) in [7, 11) is 0. The number of aromatic nitrogens is 2. The molecular formula is C17H15N3O2. The number of rotatable bonds is 2. The Kier molecular flexibility index (Phi) is 3.12. The Morgan fingerprint density at radius 2 is 2.05 bits per heavy atom. The number of fused-ring (bicyclic) bond motifs is 2. The number of carbonyl (C=O) groups excluding carboxylic acids is 1. The molecule has 22 heavy (non-hydrogen) atoms. The Morgan fingerprint density at radius 3 is 3.00 bits per heavy atom. The summed E-state index contributed by atoms with van der Waals surface area (Å²) in [6.45, 7) is 1.10. The first-order valence-corrected chi connectivity index (χ1v) is 7.26. The molecule has 0 saturated carbocycles. The molecule has 0 fully saturated rings. The first-order valence-electron chi connectivity index (χ1n) is 7.26. The fraction of sp³-hybridized carbons (Fsp3) is 0.176. The number of nitrogens with zero attached hydrogens (tertiary/aromatic N) is 1. The van der Waals surface area contributed by atoms with Gasteiger partial charge in [0.05, 0.1) is 13.2 Å². The van der Waals surface area contributed by atoms with Crippen molar-refractivity contribution in [2.45, 2.75) is 13.0 Å². The monoisotopic (exact) mass is 293 g/mol. The van der Waals surface area contributed by atoms with Crippen LogP contribution in [0.1, 0.15) is 21.7 Å². The number of H-pyrrole nitrogens is 1. The molecule has 0 bridgehead atoms. The maximum atomic E-state index is 12.5. The Morgan fingerprint density at radius 1 is 1.18 bits per heavy atom. The van der Waals surface area contributed by atoms with Gasteiger partial charge in [-0.05, 0) is 11.5 Å². The number of benzene rings is 2. The molecule has 1 amide bonds. The van der Waals surface area contributed by atoms with Gasteiger partial charge < -0.3 is 10.1 Å². The van der Waals surface area contributed by atoms with Crippen molar-refractivity contribution in [2.24, 2.45) is 0 Å². The Hall–Kier alpha value is -2.66. The average Bonchev–Trinajstić information content (AvgIpc) is 2.99. The molecule has 2 heterocycles. The van der Waals surface area contributed by atoms with Gasteiger partial charge >= 0.3 is 0 Å². The van der Waals surface area contributed by atoms with Gasteiger partial charge in [0.25, 0.3) is 5.91 Å². The second-order valence-corrected chi connectivity index (χ2v) is 5.31. The zero-order valence-electron chi connectivity index (χ0n) is 11.9. The Bertz CT molecular complexity index is 849. The number of anilines is 1. The van der Waals surface area contributed by atoms with E-state index in [0.717, 1.165) is 34.1 Å². The van der Waals surface area contributed by atoms with Gasteiger partial charge in [-0.25, -0.2) is 0 Å². The molecule has 110 valence electrons. The summed E-state index contributed by atoms with van der Waals surface area (Å²) in [4.78, 5) is 12.5. The first kappa shape index (κ1) is 13.0. The van der Waals surface area contributed by atoms with Crippen molar-refractivity contribution in [1.29, 1.82) is 0 Å². The van der Waals surface area contributed by atoms with Crippen LogP contribution in [0.15, 0.2) is 42.5 Å². The van der Waals surface area contributed by atoms with Gasteiger partial charge in [-0.2, -0.15) is 5.10 Å². The standard InChI is InChI=1S/C17H15N3O2/c21-17(16-13-10-22-9-8-15(13)19-20-16)18-14-7-3-5-11-4-1-2-6-12(11)14/h1-7H,8-10H2,(H,18,21)(H,19,20). The van der Waals surface area contributed by atoms with Crippen LogP contribution >= 0.6 is 0 Å². The lowest BCUT2D eigenvalue weighted by atomic mass is 10.1. The molecule has 0 radical (unpaired) electrons. The van der Waals surface area contributed by atoms with E-state index in [4.69, 9.17) is 4.74 Å². The number of hydrogen-bond donors (Lipinski definition) is 2. The zero-order valence-corrected chi connectivity index (χ0v) is 11.9. The Labute approximate surface area is 127 Å². The highest BCUT2D eigenvalue weighted by atomic mass is 16.5. The molecule has 0 saturated heterocycles. The minimum absolute atomic E-state index is 0.209. The maximum absolute atomic E-state index is 12.5. The van der Waals surface area contributed by atoms with Crippen molar-refractivity contribution in [3.63, 3.8) is 0 Å². The van der Waals surface area contributed by atoms with E-state index in [0.29, 0.717) is 18.9 Å². The third-order valence-corrected chi connectivity index (χ3v) is 3.95. The van der Waals surface area contributed by atoms with Crippen LogP contribution < -0.4 is 5.32 Å². The molecule has 1 aliphatic rings. The number of aromatic amines is 1. The molecule has 5 heteroatoms. The number of ether oxygens (including phenoxy) is 1. The van der Waals surface area contributed by atoms with Gasteiger partial charge in [0.15, 0.2) is 5.69 Å². The van der Waals surface area contributed by atoms with Crippen LogP contribution in [0.4, 0.5) is 5.69 Å². The van der Waals surface area contributed by atoms with Gasteiger partial charge in [-0.1, -0.05) is 36.4 Å². The molecule has 2 aromatic carbocycles. The molecule has 2 N–H and O–H groups in total. The Balaban J connectivity index is 1.68. The van der Waals surface area contributed by atoms with E-state index in [1.54, 1.807) is 0 Å². The van der Waals surface area contributed by atoms with Crippen LogP contribution in [0.2, 0.25) is 0 Å². The summed E-state index contributed by atoms with van der Waals surface area (Å²) >= 11 is 0. The van der Waals surface area contributed by atoms with Gasteiger partial charge in [0, 0.05) is 28.8 Å². The van der Waals surface area contributed by atoms with E-state index in [9.17, 15) is 4.79 Å². The lowest BCUT2D eigenvalue weighted by Crippen LogP contribution is -2.17. The predicted octanol–water partition coefficient (Wildman–Crippen LogP) is 2.89. The molecule has 0 atom stereocenters. The second kappa shape index (κ2) is 5.27. The van der Waals surface area contributed by atoms with Crippen molar-refractivity contribution in [3.8, 4) is 0 Å². The number of amides is 1. The van der Waals surface area contributed by atoms with E-state index in [1.807, 2.05) is 42.5 Å². The zero-order chi connectivity index (χ0) is 14.9. The number of nitrogens with one attached hydrogen (secondary N) is 2. The predicted molar refractivity (Wildman–Crippen MR) is 83.8 cm³/mol. The molecule has 5 nitrogen and oxygen atoms in total. The number of hydrogen-bond acceptors (Lipinski definition) is 3. The van der Waals surface area contributed by atoms with Gasteiger partial charge in [0.2, 0.25) is 0 Å². The summed E-state index contributed by atoms with van der Waals surface area (Å²) in [6, 6.07) is 13.8. The van der Waals surface area contributed by atoms with E-state index in [-0.39, 0.29) is 5.91 Å². The largest absolute Gasteiger partial charge is 0.376 e. The molecule has 0 spiro atoms. The summed E-state index contributed by atoms with van der Waals surface area (Å²) in [5.74, 6) is -0.209. The van der Waals surface area contributed by atoms with Gasteiger partial charge in [-0.3, -0.25) is 9.89 Å². The molecule has 3 aromatic rings. The highest BCUT2D eigenvalue weighted by molar-refractivity contribution is 6.08. The van der Waals surface area contributed by atoms with Crippen LogP contribution in [-0.4, -0.2) is 22.7 Å². The van der Waals surface area contributed by atoms with E-state index in [1.165, 1.54) is 0 Å². The van der Waals surface area contributed by atoms with Crippen molar-refractivity contribution >= 4 is 22.4 Å². The van der Waals surface area contributed by atoms with E-state index >= 15 is 0 Å². The molecule has 1 aromatic heterocycles. The SMILES string of the molecule is O=C(Nc1cccc2ccccc12)c1n[nH]c2c1COCC2. The topological polar surface area (TPSA) is 67.0 Å². The summed E-state index contributed by atoms with van der Waals surface area (Å²) < 4.78 is 5.43. The van der Waals surface area contributed by atoms with Crippen molar-refractivity contribution < 1.29 is 9.53 Å². The molecule has 0 unspecified atom stereocenters. The van der Waals surface area contributed by atoms with Crippen molar-refractivity contribution in [3.05, 3.63) is 59.4 Å². The maximum Gasteiger partial charge on any atom is 0.276 e. The van der Waals surface area contributed by atoms with E-state index in [2.05, 4.69) is 15.5 Å². The molecular weight excluding hydrogens is 278 g/mol. The third-order valence-electron chi connectivity index (χ3n) is 3.95.